The Balaban J connectivity index is 2.71. The fraction of sp³-hybridized carbons (Fsp3) is 0.833. The Bertz CT molecular complexity index is 333. The summed E-state index contributed by atoms with van der Waals surface area (Å²) < 4.78 is 0. The number of aliphatic carboxylic acids is 1. The van der Waals surface area contributed by atoms with Crippen molar-refractivity contribution >= 4 is 11.9 Å². The number of hydrogen-bond acceptors (Lipinski definition) is 3. The van der Waals surface area contributed by atoms with Crippen LogP contribution in [0.25, 0.3) is 0 Å². The van der Waals surface area contributed by atoms with Crippen LogP contribution in [-0.4, -0.2) is 34.2 Å². The van der Waals surface area contributed by atoms with Crippen molar-refractivity contribution in [3.63, 3.8) is 0 Å². The van der Waals surface area contributed by atoms with E-state index < -0.39 is 28.8 Å². The minimum Gasteiger partial charge on any atom is -0.481 e. The fourth-order valence-electron chi connectivity index (χ4n) is 2.20. The van der Waals surface area contributed by atoms with Gasteiger partial charge in [-0.3, -0.25) is 9.59 Å². The molecule has 98 valence electrons. The van der Waals surface area contributed by atoms with Gasteiger partial charge in [-0.1, -0.05) is 20.8 Å². The predicted octanol–water partition coefficient (Wildman–Crippen LogP) is 0.620. The molecule has 5 nitrogen and oxygen atoms in total. The van der Waals surface area contributed by atoms with E-state index in [-0.39, 0.29) is 12.5 Å². The van der Waals surface area contributed by atoms with E-state index in [2.05, 4.69) is 5.32 Å². The van der Waals surface area contributed by atoms with Gasteiger partial charge >= 0.3 is 5.97 Å². The smallest absolute Gasteiger partial charge is 0.307 e. The quantitative estimate of drug-likeness (QED) is 0.660. The van der Waals surface area contributed by atoms with Gasteiger partial charge in [0, 0.05) is 0 Å². The maximum atomic E-state index is 12.0. The normalized spacial score (nSPS) is 29.2. The number of amides is 1. The average Bonchev–Trinajstić information content (AvgIpc) is 2.81. The zero-order valence-electron chi connectivity index (χ0n) is 10.8. The van der Waals surface area contributed by atoms with Crippen molar-refractivity contribution in [3.05, 3.63) is 0 Å². The number of carboxylic acids is 1. The Hall–Kier alpha value is -1.10. The molecule has 0 aromatic heterocycles. The highest BCUT2D eigenvalue weighted by atomic mass is 16.4. The van der Waals surface area contributed by atoms with Crippen molar-refractivity contribution in [1.29, 1.82) is 0 Å². The molecule has 0 aromatic rings. The first-order chi connectivity index (χ1) is 7.69. The zero-order valence-corrected chi connectivity index (χ0v) is 10.8. The molecule has 1 rings (SSSR count). The van der Waals surface area contributed by atoms with Gasteiger partial charge in [-0.25, -0.2) is 0 Å². The van der Waals surface area contributed by atoms with E-state index in [0.29, 0.717) is 6.42 Å². The zero-order chi connectivity index (χ0) is 13.4. The van der Waals surface area contributed by atoms with Crippen LogP contribution in [-0.2, 0) is 9.59 Å². The van der Waals surface area contributed by atoms with Crippen molar-refractivity contribution in [2.45, 2.75) is 39.7 Å². The Morgan fingerprint density at radius 1 is 1.35 bits per heavy atom. The minimum atomic E-state index is -0.933. The number of carboxylic acid groups (broad SMARTS) is 1. The second-order valence-electron chi connectivity index (χ2n) is 5.68. The van der Waals surface area contributed by atoms with Crippen LogP contribution < -0.4 is 5.32 Å². The fourth-order valence-corrected chi connectivity index (χ4v) is 2.20. The lowest BCUT2D eigenvalue weighted by Gasteiger charge is -2.27. The van der Waals surface area contributed by atoms with E-state index in [1.165, 1.54) is 0 Å². The third-order valence-corrected chi connectivity index (χ3v) is 3.93. The number of carbonyl (C=O) groups is 2. The number of hydrogen-bond donors (Lipinski definition) is 3. The van der Waals surface area contributed by atoms with E-state index in [1.807, 2.05) is 6.92 Å². The molecule has 0 saturated heterocycles. The first-order valence-corrected chi connectivity index (χ1v) is 5.85. The summed E-state index contributed by atoms with van der Waals surface area (Å²) in [5, 5.41) is 20.9. The topological polar surface area (TPSA) is 86.6 Å². The molecule has 3 N–H and O–H groups in total. The van der Waals surface area contributed by atoms with Gasteiger partial charge in [0.2, 0.25) is 5.91 Å². The Morgan fingerprint density at radius 3 is 2.18 bits per heavy atom. The molecule has 1 fully saturated rings. The van der Waals surface area contributed by atoms with Gasteiger partial charge in [0.1, 0.15) is 0 Å². The average molecular weight is 243 g/mol. The summed E-state index contributed by atoms with van der Waals surface area (Å²) in [6.45, 7) is 7.01. The monoisotopic (exact) mass is 243 g/mol. The maximum Gasteiger partial charge on any atom is 0.307 e. The molecule has 0 aliphatic heterocycles. The summed E-state index contributed by atoms with van der Waals surface area (Å²) >= 11 is 0. The highest BCUT2D eigenvalue weighted by molar-refractivity contribution is 5.92. The molecule has 0 radical (unpaired) electrons. The Kier molecular flexibility index (Phi) is 3.52. The van der Waals surface area contributed by atoms with E-state index in [0.717, 1.165) is 0 Å². The predicted molar refractivity (Wildman–Crippen MR) is 62.3 cm³/mol. The summed E-state index contributed by atoms with van der Waals surface area (Å²) in [5.41, 5.74) is -1.17. The maximum absolute atomic E-state index is 12.0. The van der Waals surface area contributed by atoms with E-state index in [9.17, 15) is 14.7 Å². The molecule has 17 heavy (non-hydrogen) atoms. The van der Waals surface area contributed by atoms with Gasteiger partial charge in [-0.05, 0) is 18.8 Å². The second kappa shape index (κ2) is 4.29. The van der Waals surface area contributed by atoms with Gasteiger partial charge in [-0.2, -0.15) is 0 Å². The number of aliphatic hydroxyl groups is 1. The van der Waals surface area contributed by atoms with Gasteiger partial charge in [0.05, 0.1) is 24.0 Å². The number of nitrogens with one attached hydrogen (secondary N) is 1. The second-order valence-corrected chi connectivity index (χ2v) is 5.68. The van der Waals surface area contributed by atoms with Gasteiger partial charge in [-0.15, -0.1) is 0 Å². The molecule has 0 heterocycles. The lowest BCUT2D eigenvalue weighted by molar-refractivity contribution is -0.140. The van der Waals surface area contributed by atoms with E-state index in [4.69, 9.17) is 5.11 Å². The highest BCUT2D eigenvalue weighted by Gasteiger charge is 2.66. The van der Waals surface area contributed by atoms with Crippen molar-refractivity contribution in [2.75, 3.05) is 6.61 Å². The van der Waals surface area contributed by atoms with Crippen molar-refractivity contribution in [1.82, 2.24) is 5.32 Å². The highest BCUT2D eigenvalue weighted by Crippen LogP contribution is 2.58. The third kappa shape index (κ3) is 2.44. The molecule has 3 atom stereocenters. The molecule has 0 bridgehead atoms. The Labute approximate surface area is 101 Å². The van der Waals surface area contributed by atoms with Gasteiger partial charge in [0.25, 0.3) is 0 Å². The summed E-state index contributed by atoms with van der Waals surface area (Å²) in [7, 11) is 0. The first kappa shape index (κ1) is 14.0. The van der Waals surface area contributed by atoms with E-state index in [1.54, 1.807) is 20.8 Å². The lowest BCUT2D eigenvalue weighted by atomic mass is 9.99. The molecule has 0 spiro atoms. The molecule has 5 heteroatoms. The van der Waals surface area contributed by atoms with Crippen LogP contribution >= 0.6 is 0 Å². The van der Waals surface area contributed by atoms with Gasteiger partial charge in [0.15, 0.2) is 0 Å². The largest absolute Gasteiger partial charge is 0.481 e. The standard InChI is InChI=1S/C12H21NO4/c1-5-12(4,6-14)13-9(15)7-8(10(16)17)11(7,2)3/h7-8,14H,5-6H2,1-4H3,(H,13,15)(H,16,17). The van der Waals surface area contributed by atoms with Gasteiger partial charge < -0.3 is 15.5 Å². The van der Waals surface area contributed by atoms with Crippen LogP contribution in [0.15, 0.2) is 0 Å². The SMILES string of the molecule is CCC(C)(CO)NC(=O)C1C(C(=O)O)C1(C)C. The number of aliphatic hydroxyl groups excluding tert-OH is 1. The number of carbonyl (C=O) groups excluding carboxylic acids is 1. The van der Waals surface area contributed by atoms with Crippen molar-refractivity contribution in [3.8, 4) is 0 Å². The molecular formula is C12H21NO4. The Morgan fingerprint density at radius 2 is 1.88 bits per heavy atom. The minimum absolute atomic E-state index is 0.153. The third-order valence-electron chi connectivity index (χ3n) is 3.93. The molecule has 1 amide bonds. The molecule has 0 aromatic carbocycles. The molecule has 1 aliphatic carbocycles. The van der Waals surface area contributed by atoms with Crippen LogP contribution in [0.2, 0.25) is 0 Å². The molecular weight excluding hydrogens is 222 g/mol. The van der Waals surface area contributed by atoms with Crippen molar-refractivity contribution < 1.29 is 19.8 Å². The van der Waals surface area contributed by atoms with E-state index >= 15 is 0 Å². The molecule has 1 aliphatic rings. The van der Waals surface area contributed by atoms with Crippen LogP contribution in [0.3, 0.4) is 0 Å². The summed E-state index contributed by atoms with van der Waals surface area (Å²) in [5.74, 6) is -2.34. The van der Waals surface area contributed by atoms with Crippen molar-refractivity contribution in [2.24, 2.45) is 17.3 Å². The van der Waals surface area contributed by atoms with Crippen LogP contribution in [0.5, 0.6) is 0 Å². The molecule has 3 unspecified atom stereocenters. The lowest BCUT2D eigenvalue weighted by Crippen LogP contribution is -2.49. The summed E-state index contributed by atoms with van der Waals surface area (Å²) in [6, 6.07) is 0. The van der Waals surface area contributed by atoms with Crippen LogP contribution in [0.1, 0.15) is 34.1 Å². The first-order valence-electron chi connectivity index (χ1n) is 5.85. The summed E-state index contributed by atoms with van der Waals surface area (Å²) in [4.78, 5) is 23.0. The van der Waals surface area contributed by atoms with Crippen LogP contribution in [0, 0.1) is 17.3 Å². The van der Waals surface area contributed by atoms with Crippen LogP contribution in [0.4, 0.5) is 0 Å². The number of rotatable bonds is 5. The summed E-state index contributed by atoms with van der Waals surface area (Å²) in [6.07, 6.45) is 0.597. The molecule has 1 saturated carbocycles.